The third kappa shape index (κ3) is 11.3. The molecule has 4 heteroatoms. The van der Waals surface area contributed by atoms with E-state index >= 15 is 0 Å². The van der Waals surface area contributed by atoms with Crippen molar-refractivity contribution in [1.82, 2.24) is 0 Å². The summed E-state index contributed by atoms with van der Waals surface area (Å²) < 4.78 is 0. The van der Waals surface area contributed by atoms with Crippen molar-refractivity contribution in [3.8, 4) is 11.1 Å². The minimum absolute atomic E-state index is 0.209. The summed E-state index contributed by atoms with van der Waals surface area (Å²) in [5.41, 5.74) is 8.80. The van der Waals surface area contributed by atoms with E-state index in [4.69, 9.17) is 17.0 Å². The maximum absolute atomic E-state index is 4.93. The van der Waals surface area contributed by atoms with Crippen LogP contribution in [0.5, 0.6) is 0 Å². The van der Waals surface area contributed by atoms with E-state index in [1.165, 1.54) is 75.9 Å². The van der Waals surface area contributed by atoms with E-state index in [1.54, 1.807) is 11.1 Å². The molecule has 1 fully saturated rings. The van der Waals surface area contributed by atoms with Crippen LogP contribution in [0.25, 0.3) is 32.7 Å². The van der Waals surface area contributed by atoms with Gasteiger partial charge in [-0.3, -0.25) is 0 Å². The van der Waals surface area contributed by atoms with Gasteiger partial charge in [0.15, 0.2) is 0 Å². The summed E-state index contributed by atoms with van der Waals surface area (Å²) >= 11 is -0.826. The molecular weight excluding hydrogens is 707 g/mol. The molecule has 47 heavy (non-hydrogen) atoms. The van der Waals surface area contributed by atoms with Gasteiger partial charge in [0.2, 0.25) is 0 Å². The van der Waals surface area contributed by atoms with Crippen LogP contribution in [0, 0.1) is 5.92 Å². The molecule has 0 N–H and O–H groups in total. The predicted octanol–water partition coefficient (Wildman–Crippen LogP) is 14.6. The van der Waals surface area contributed by atoms with Crippen molar-refractivity contribution in [2.24, 2.45) is 5.92 Å². The Labute approximate surface area is 308 Å². The molecule has 250 valence electrons. The molecule has 6 rings (SSSR count). The van der Waals surface area contributed by atoms with E-state index in [0.29, 0.717) is 5.92 Å². The molecule has 0 nitrogen and oxygen atoms in total. The zero-order valence-electron chi connectivity index (χ0n) is 30.3. The van der Waals surface area contributed by atoms with Gasteiger partial charge < -0.3 is 0 Å². The summed E-state index contributed by atoms with van der Waals surface area (Å²) in [5.74, 6) is 2.41. The van der Waals surface area contributed by atoms with E-state index < -0.39 is 20.8 Å². The Morgan fingerprint density at radius 3 is 1.96 bits per heavy atom. The fourth-order valence-corrected chi connectivity index (χ4v) is 6.66. The van der Waals surface area contributed by atoms with Crippen molar-refractivity contribution in [1.29, 1.82) is 0 Å². The molecule has 0 heterocycles. The molecule has 1 unspecified atom stereocenters. The van der Waals surface area contributed by atoms with Gasteiger partial charge in [0.05, 0.1) is 0 Å². The van der Waals surface area contributed by atoms with Crippen LogP contribution in [-0.2, 0) is 32.7 Å². The molecule has 1 saturated carbocycles. The normalized spacial score (nSPS) is 16.6. The molecule has 1 aliphatic carbocycles. The molecular formula is C43H56Cl2SiZr. The Balaban J connectivity index is 0.000000219. The third-order valence-corrected chi connectivity index (χ3v) is 9.72. The van der Waals surface area contributed by atoms with Crippen molar-refractivity contribution in [2.75, 3.05) is 0 Å². The van der Waals surface area contributed by atoms with Gasteiger partial charge in [0.1, 0.15) is 0 Å². The Hall–Kier alpha value is -1.44. The molecule has 0 aliphatic heterocycles. The fraction of sp³-hybridized carbons (Fsp3) is 0.442. The molecule has 0 saturated heterocycles. The molecule has 5 aromatic carbocycles. The number of hydrogen-bond acceptors (Lipinski definition) is 0. The van der Waals surface area contributed by atoms with Crippen LogP contribution >= 0.6 is 17.0 Å². The van der Waals surface area contributed by atoms with Gasteiger partial charge in [-0.1, -0.05) is 128 Å². The van der Waals surface area contributed by atoms with Gasteiger partial charge in [0.25, 0.3) is 0 Å². The monoisotopic (exact) mass is 760 g/mol. The van der Waals surface area contributed by atoms with E-state index in [1.807, 2.05) is 0 Å². The first kappa shape index (κ1) is 40.0. The van der Waals surface area contributed by atoms with Crippen LogP contribution in [0.3, 0.4) is 0 Å². The van der Waals surface area contributed by atoms with Gasteiger partial charge in [-0.15, -0.1) is 69.1 Å². The van der Waals surface area contributed by atoms with E-state index in [-0.39, 0.29) is 5.41 Å². The van der Waals surface area contributed by atoms with Crippen LogP contribution < -0.4 is 0 Å². The van der Waals surface area contributed by atoms with Gasteiger partial charge in [-0.05, 0) is 53.6 Å². The van der Waals surface area contributed by atoms with E-state index in [9.17, 15) is 0 Å². The summed E-state index contributed by atoms with van der Waals surface area (Å²) in [5, 5.41) is 5.69. The van der Waals surface area contributed by atoms with Crippen LogP contribution in [0.4, 0.5) is 0 Å². The summed E-state index contributed by atoms with van der Waals surface area (Å²) in [6.45, 7) is 20.3. The quantitative estimate of drug-likeness (QED) is 0.124. The minimum atomic E-state index is -0.826. The van der Waals surface area contributed by atoms with E-state index in [0.717, 1.165) is 27.8 Å². The molecule has 0 aromatic heterocycles. The second-order valence-electron chi connectivity index (χ2n) is 14.3. The van der Waals surface area contributed by atoms with Gasteiger partial charge in [0, 0.05) is 9.52 Å². The summed E-state index contributed by atoms with van der Waals surface area (Å²) in [6.07, 6.45) is 7.90. The standard InChI is InChI=1S/C21H23.C20H27.C2H6Si.2ClH.Zr/c1-5-15-13-17-7-6-8-19(20(17)14-15)16-9-11-18(12-10-16)21(2,3)4;1-4-15(3)19-7-5-6-17-12-18(13-20(17)19)16-10-8-14(2)9-11-16;1-3-2;;;/h6-14H,5H2,1-4H3;5-7,12-16H,4,8-11H2,1-3H3;1-2H3;2*1H;/q2*-1;;;;+4/p-2. The number of benzene rings is 3. The molecule has 0 bridgehead atoms. The van der Waals surface area contributed by atoms with Gasteiger partial charge >= 0.3 is 37.9 Å². The average Bonchev–Trinajstić information content (AvgIpc) is 3.70. The molecule has 1 atom stereocenters. The maximum atomic E-state index is 4.93. The first-order chi connectivity index (χ1) is 22.5. The number of aryl methyl sites for hydroxylation is 1. The van der Waals surface area contributed by atoms with Crippen LogP contribution in [0.15, 0.2) is 84.9 Å². The Morgan fingerprint density at radius 2 is 1.40 bits per heavy atom. The summed E-state index contributed by atoms with van der Waals surface area (Å²) in [4.78, 5) is 0. The predicted molar refractivity (Wildman–Crippen MR) is 211 cm³/mol. The van der Waals surface area contributed by atoms with Crippen LogP contribution in [0.2, 0.25) is 13.1 Å². The Bertz CT molecular complexity index is 1610. The molecule has 1 aliphatic rings. The van der Waals surface area contributed by atoms with Crippen molar-refractivity contribution in [3.05, 3.63) is 107 Å². The van der Waals surface area contributed by atoms with Gasteiger partial charge in [-0.2, -0.15) is 12.1 Å². The van der Waals surface area contributed by atoms with Gasteiger partial charge in [-0.25, -0.2) is 0 Å². The SMILES string of the molecule is CCC(C)c1cccc2[cH-]c(C3CCC(C)CC3)cc12.CCc1cc2c(-c3ccc(C(C)(C)C)cc3)cccc2[cH-]1.C[Si]C.[Cl][Zr+2][Cl]. The second kappa shape index (κ2) is 19.7. The number of rotatable bonds is 5. The van der Waals surface area contributed by atoms with Crippen molar-refractivity contribution >= 4 is 48.1 Å². The second-order valence-corrected chi connectivity index (χ2v) is 19.1. The van der Waals surface area contributed by atoms with Crippen LogP contribution in [0.1, 0.15) is 115 Å². The summed E-state index contributed by atoms with van der Waals surface area (Å²) in [6, 6.07) is 32.1. The zero-order valence-corrected chi connectivity index (χ0v) is 35.3. The van der Waals surface area contributed by atoms with E-state index in [2.05, 4.69) is 146 Å². The fourth-order valence-electron chi connectivity index (χ4n) is 6.66. The zero-order chi connectivity index (χ0) is 34.6. The van der Waals surface area contributed by atoms with Crippen LogP contribution in [-0.4, -0.2) is 9.52 Å². The average molecular weight is 763 g/mol. The molecule has 0 spiro atoms. The van der Waals surface area contributed by atoms with Crippen molar-refractivity contribution in [2.45, 2.75) is 117 Å². The Morgan fingerprint density at radius 1 is 0.830 bits per heavy atom. The topological polar surface area (TPSA) is 0 Å². The molecule has 5 aromatic rings. The summed E-state index contributed by atoms with van der Waals surface area (Å²) in [7, 11) is 11.0. The number of halogens is 2. The molecule has 0 amide bonds. The third-order valence-electron chi connectivity index (χ3n) is 9.72. The molecule has 2 radical (unpaired) electrons. The first-order valence-corrected chi connectivity index (χ1v) is 25.9. The van der Waals surface area contributed by atoms with Crippen molar-refractivity contribution in [3.63, 3.8) is 0 Å². The number of fused-ring (bicyclic) bond motifs is 2. The first-order valence-electron chi connectivity index (χ1n) is 17.5. The number of hydrogen-bond donors (Lipinski definition) is 0. The Kier molecular flexibility index (Phi) is 16.7. The van der Waals surface area contributed by atoms with Crippen molar-refractivity contribution < 1.29 is 20.8 Å².